The quantitative estimate of drug-likeness (QED) is 0.704. The average Bonchev–Trinajstić information content (AvgIpc) is 2.83. The molecule has 0 fully saturated rings. The van der Waals surface area contributed by atoms with E-state index >= 15 is 0 Å². The van der Waals surface area contributed by atoms with Crippen molar-refractivity contribution in [1.82, 2.24) is 4.98 Å². The van der Waals surface area contributed by atoms with Crippen molar-refractivity contribution in [3.05, 3.63) is 57.7 Å². The molecule has 0 saturated heterocycles. The van der Waals surface area contributed by atoms with E-state index in [0.29, 0.717) is 20.9 Å². The molecule has 0 saturated carbocycles. The average molecular weight is 379 g/mol. The molecule has 0 unspecified atom stereocenters. The third-order valence-electron chi connectivity index (χ3n) is 3.74. The van der Waals surface area contributed by atoms with Gasteiger partial charge in [-0.1, -0.05) is 12.1 Å². The number of aromatic amines is 1. The lowest BCUT2D eigenvalue weighted by molar-refractivity contribution is -0.117. The van der Waals surface area contributed by atoms with Crippen molar-refractivity contribution in [2.75, 3.05) is 0 Å². The van der Waals surface area contributed by atoms with E-state index in [2.05, 4.69) is 20.9 Å². The summed E-state index contributed by atoms with van der Waals surface area (Å²) in [5.74, 6) is -1.36. The molecule has 118 valence electrons. The van der Waals surface area contributed by atoms with E-state index in [9.17, 15) is 13.6 Å². The van der Waals surface area contributed by atoms with Gasteiger partial charge in [-0.2, -0.15) is 0 Å². The number of hydrogen-bond donors (Lipinski definition) is 2. The van der Waals surface area contributed by atoms with Crippen LogP contribution in [-0.4, -0.2) is 10.9 Å². The van der Waals surface area contributed by atoms with Gasteiger partial charge in [0.1, 0.15) is 11.6 Å². The number of fused-ring (bicyclic) bond motifs is 1. The molecular weight excluding hydrogens is 366 g/mol. The van der Waals surface area contributed by atoms with Gasteiger partial charge in [0.15, 0.2) is 0 Å². The predicted molar refractivity (Wildman–Crippen MR) is 89.0 cm³/mol. The molecule has 0 spiro atoms. The first-order valence-corrected chi connectivity index (χ1v) is 7.71. The van der Waals surface area contributed by atoms with Gasteiger partial charge < -0.3 is 10.7 Å². The molecule has 23 heavy (non-hydrogen) atoms. The summed E-state index contributed by atoms with van der Waals surface area (Å²) in [6, 6.07) is 7.27. The number of benzene rings is 2. The maximum atomic E-state index is 14.3. The topological polar surface area (TPSA) is 58.9 Å². The van der Waals surface area contributed by atoms with Crippen LogP contribution in [0.3, 0.4) is 0 Å². The molecular formula is C17H13BrF2N2O. The highest BCUT2D eigenvalue weighted by atomic mass is 79.9. The molecule has 0 aliphatic heterocycles. The van der Waals surface area contributed by atoms with E-state index in [1.165, 1.54) is 18.2 Å². The molecule has 1 aromatic heterocycles. The number of primary amides is 1. The summed E-state index contributed by atoms with van der Waals surface area (Å²) in [5.41, 5.74) is 8.70. The summed E-state index contributed by atoms with van der Waals surface area (Å²) in [6.07, 6.45) is -0.0660. The van der Waals surface area contributed by atoms with Gasteiger partial charge in [-0.05, 0) is 52.2 Å². The van der Waals surface area contributed by atoms with Crippen LogP contribution in [0.1, 0.15) is 11.3 Å². The third kappa shape index (κ3) is 2.74. The Bertz CT molecular complexity index is 917. The number of aryl methyl sites for hydroxylation is 1. The monoisotopic (exact) mass is 378 g/mol. The molecule has 0 aliphatic rings. The van der Waals surface area contributed by atoms with Crippen LogP contribution in [0.5, 0.6) is 0 Å². The SMILES string of the molecule is Cc1[nH]c2c(CC(N)=O)cc(F)c(Br)c2c1-c1ccc(F)cc1. The fraction of sp³-hybridized carbons (Fsp3) is 0.118. The Labute approximate surface area is 139 Å². The second-order valence-electron chi connectivity index (χ2n) is 5.36. The molecule has 3 nitrogen and oxygen atoms in total. The number of carbonyl (C=O) groups excluding carboxylic acids is 1. The highest BCUT2D eigenvalue weighted by Crippen LogP contribution is 2.39. The molecule has 0 bridgehead atoms. The summed E-state index contributed by atoms with van der Waals surface area (Å²) in [7, 11) is 0. The third-order valence-corrected chi connectivity index (χ3v) is 4.51. The minimum atomic E-state index is -0.538. The summed E-state index contributed by atoms with van der Waals surface area (Å²) in [5, 5.41) is 0.616. The fourth-order valence-electron chi connectivity index (χ4n) is 2.80. The van der Waals surface area contributed by atoms with Crippen molar-refractivity contribution in [2.24, 2.45) is 5.73 Å². The molecule has 0 radical (unpaired) electrons. The van der Waals surface area contributed by atoms with Crippen molar-refractivity contribution in [3.63, 3.8) is 0 Å². The van der Waals surface area contributed by atoms with Gasteiger partial charge in [0.2, 0.25) is 5.91 Å². The first-order valence-electron chi connectivity index (χ1n) is 6.92. The zero-order valence-corrected chi connectivity index (χ0v) is 13.8. The number of carbonyl (C=O) groups is 1. The molecule has 0 atom stereocenters. The van der Waals surface area contributed by atoms with Crippen LogP contribution in [0.2, 0.25) is 0 Å². The number of halogens is 3. The number of amides is 1. The highest BCUT2D eigenvalue weighted by molar-refractivity contribution is 9.10. The van der Waals surface area contributed by atoms with Crippen molar-refractivity contribution < 1.29 is 13.6 Å². The Morgan fingerprint density at radius 3 is 2.52 bits per heavy atom. The standard InChI is InChI=1S/C17H13BrF2N2O/c1-8-14(9-2-4-11(19)5-3-9)15-16(18)12(20)6-10(7-13(21)23)17(15)22-8/h2-6,22H,7H2,1H3,(H2,21,23). The second kappa shape index (κ2) is 5.77. The summed E-state index contributed by atoms with van der Waals surface area (Å²) in [6.45, 7) is 1.84. The molecule has 0 aliphatic carbocycles. The maximum Gasteiger partial charge on any atom is 0.221 e. The Kier molecular flexibility index (Phi) is 3.93. The molecule has 3 rings (SSSR count). The smallest absolute Gasteiger partial charge is 0.221 e. The van der Waals surface area contributed by atoms with Crippen LogP contribution in [-0.2, 0) is 11.2 Å². The maximum absolute atomic E-state index is 14.3. The summed E-state index contributed by atoms with van der Waals surface area (Å²) in [4.78, 5) is 14.4. The lowest BCUT2D eigenvalue weighted by Crippen LogP contribution is -2.14. The van der Waals surface area contributed by atoms with E-state index in [4.69, 9.17) is 5.73 Å². The van der Waals surface area contributed by atoms with Crippen LogP contribution < -0.4 is 5.73 Å². The van der Waals surface area contributed by atoms with Crippen molar-refractivity contribution in [1.29, 1.82) is 0 Å². The normalized spacial score (nSPS) is 11.1. The van der Waals surface area contributed by atoms with Crippen LogP contribution in [0, 0.1) is 18.6 Å². The van der Waals surface area contributed by atoms with E-state index in [1.807, 2.05) is 6.92 Å². The molecule has 3 aromatic rings. The Morgan fingerprint density at radius 1 is 1.26 bits per heavy atom. The van der Waals surface area contributed by atoms with E-state index < -0.39 is 11.7 Å². The number of H-pyrrole nitrogens is 1. The van der Waals surface area contributed by atoms with Gasteiger partial charge in [-0.3, -0.25) is 4.79 Å². The zero-order chi connectivity index (χ0) is 16.7. The molecule has 3 N–H and O–H groups in total. The molecule has 2 aromatic carbocycles. The second-order valence-corrected chi connectivity index (χ2v) is 6.15. The fourth-order valence-corrected chi connectivity index (χ4v) is 3.31. The highest BCUT2D eigenvalue weighted by Gasteiger charge is 2.20. The first-order chi connectivity index (χ1) is 10.9. The largest absolute Gasteiger partial charge is 0.369 e. The number of nitrogens with two attached hydrogens (primary N) is 1. The van der Waals surface area contributed by atoms with Gasteiger partial charge in [0.05, 0.1) is 16.4 Å². The minimum absolute atomic E-state index is 0.0660. The minimum Gasteiger partial charge on any atom is -0.369 e. The molecule has 1 amide bonds. The number of nitrogens with one attached hydrogen (secondary N) is 1. The lowest BCUT2D eigenvalue weighted by atomic mass is 9.99. The van der Waals surface area contributed by atoms with E-state index in [-0.39, 0.29) is 12.2 Å². The van der Waals surface area contributed by atoms with Crippen LogP contribution >= 0.6 is 15.9 Å². The van der Waals surface area contributed by atoms with Crippen LogP contribution in [0.15, 0.2) is 34.8 Å². The molecule has 1 heterocycles. The van der Waals surface area contributed by atoms with Gasteiger partial charge in [-0.25, -0.2) is 8.78 Å². The van der Waals surface area contributed by atoms with Crippen LogP contribution in [0.25, 0.3) is 22.0 Å². The molecule has 6 heteroatoms. The van der Waals surface area contributed by atoms with Gasteiger partial charge in [-0.15, -0.1) is 0 Å². The first kappa shape index (κ1) is 15.7. The van der Waals surface area contributed by atoms with E-state index in [1.54, 1.807) is 12.1 Å². The van der Waals surface area contributed by atoms with Gasteiger partial charge in [0.25, 0.3) is 0 Å². The summed E-state index contributed by atoms with van der Waals surface area (Å²) < 4.78 is 27.7. The van der Waals surface area contributed by atoms with Crippen molar-refractivity contribution in [3.8, 4) is 11.1 Å². The lowest BCUT2D eigenvalue weighted by Gasteiger charge is -2.07. The summed E-state index contributed by atoms with van der Waals surface area (Å²) >= 11 is 3.27. The van der Waals surface area contributed by atoms with E-state index in [0.717, 1.165) is 16.8 Å². The van der Waals surface area contributed by atoms with Crippen molar-refractivity contribution in [2.45, 2.75) is 13.3 Å². The van der Waals surface area contributed by atoms with Crippen LogP contribution in [0.4, 0.5) is 8.78 Å². The Balaban J connectivity index is 2.35. The van der Waals surface area contributed by atoms with Gasteiger partial charge >= 0.3 is 0 Å². The number of hydrogen-bond acceptors (Lipinski definition) is 1. The zero-order valence-electron chi connectivity index (χ0n) is 12.2. The predicted octanol–water partition coefficient (Wildman–Crippen LogP) is 4.21. The Morgan fingerprint density at radius 2 is 1.91 bits per heavy atom. The Hall–Kier alpha value is -2.21. The van der Waals surface area contributed by atoms with Crippen molar-refractivity contribution >= 4 is 32.7 Å². The number of aromatic nitrogens is 1. The van der Waals surface area contributed by atoms with Gasteiger partial charge in [0, 0.05) is 16.6 Å². The number of rotatable bonds is 3.